The molecule has 0 bridgehead atoms. The Morgan fingerprint density at radius 3 is 3.00 bits per heavy atom. The molecule has 1 aromatic rings. The molecule has 5 nitrogen and oxygen atoms in total. The van der Waals surface area contributed by atoms with Crippen molar-refractivity contribution >= 4 is 5.91 Å². The number of fused-ring (bicyclic) bond motifs is 1. The molecule has 1 aromatic heterocycles. The molecular weight excluding hydrogens is 230 g/mol. The first kappa shape index (κ1) is 13.1. The van der Waals surface area contributed by atoms with Crippen molar-refractivity contribution in [3.05, 3.63) is 17.0 Å². The second-order valence-electron chi connectivity index (χ2n) is 5.13. The topological polar surface area (TPSA) is 58.4 Å². The summed E-state index contributed by atoms with van der Waals surface area (Å²) in [5.74, 6) is 1.11. The van der Waals surface area contributed by atoms with E-state index < -0.39 is 0 Å². The van der Waals surface area contributed by atoms with Gasteiger partial charge in [-0.3, -0.25) is 4.79 Å². The first-order valence-corrected chi connectivity index (χ1v) is 6.50. The lowest BCUT2D eigenvalue weighted by Crippen LogP contribution is -2.38. The smallest absolute Gasteiger partial charge is 0.219 e. The van der Waals surface area contributed by atoms with Gasteiger partial charge in [-0.25, -0.2) is 0 Å². The molecule has 0 fully saturated rings. The highest BCUT2D eigenvalue weighted by Crippen LogP contribution is 2.25. The Bertz CT molecular complexity index is 426. The minimum Gasteiger partial charge on any atom is -0.361 e. The highest BCUT2D eigenvalue weighted by molar-refractivity contribution is 5.75. The average Bonchev–Trinajstić information content (AvgIpc) is 2.71. The zero-order valence-corrected chi connectivity index (χ0v) is 11.3. The second-order valence-corrected chi connectivity index (χ2v) is 5.13. The number of aryl methyl sites for hydroxylation is 1. The van der Waals surface area contributed by atoms with E-state index in [9.17, 15) is 4.79 Å². The van der Waals surface area contributed by atoms with Crippen molar-refractivity contribution in [2.24, 2.45) is 0 Å². The normalized spacial score (nSPS) is 18.8. The number of aromatic nitrogens is 1. The van der Waals surface area contributed by atoms with Crippen molar-refractivity contribution in [3.63, 3.8) is 0 Å². The number of nitrogens with zero attached hydrogens (tertiary/aromatic N) is 2. The molecule has 0 aliphatic heterocycles. The minimum atomic E-state index is 0.120. The summed E-state index contributed by atoms with van der Waals surface area (Å²) in [5, 5.41) is 7.20. The number of amides is 1. The predicted molar refractivity (Wildman–Crippen MR) is 68.1 cm³/mol. The first-order valence-electron chi connectivity index (χ1n) is 6.50. The van der Waals surface area contributed by atoms with Gasteiger partial charge in [-0.15, -0.1) is 0 Å². The van der Waals surface area contributed by atoms with Crippen molar-refractivity contribution in [2.45, 2.75) is 45.2 Å². The van der Waals surface area contributed by atoms with Crippen LogP contribution in [0.5, 0.6) is 0 Å². The quantitative estimate of drug-likeness (QED) is 0.871. The third-order valence-electron chi connectivity index (χ3n) is 3.27. The number of hydrogen-bond acceptors (Lipinski definition) is 4. The fourth-order valence-corrected chi connectivity index (χ4v) is 2.34. The predicted octanol–water partition coefficient (Wildman–Crippen LogP) is 1.12. The summed E-state index contributed by atoms with van der Waals surface area (Å²) in [4.78, 5) is 13.5. The van der Waals surface area contributed by atoms with Crippen LogP contribution in [0.25, 0.3) is 0 Å². The molecule has 0 saturated carbocycles. The van der Waals surface area contributed by atoms with E-state index in [2.05, 4.69) is 15.4 Å². The summed E-state index contributed by atoms with van der Waals surface area (Å²) in [6, 6.07) is 0.227. The maximum Gasteiger partial charge on any atom is 0.219 e. The Labute approximate surface area is 108 Å². The molecule has 0 saturated heterocycles. The molecule has 0 spiro atoms. The van der Waals surface area contributed by atoms with Gasteiger partial charge in [0, 0.05) is 31.0 Å². The van der Waals surface area contributed by atoms with Crippen LogP contribution in [0.3, 0.4) is 0 Å². The van der Waals surface area contributed by atoms with Crippen LogP contribution < -0.4 is 5.32 Å². The van der Waals surface area contributed by atoms with Gasteiger partial charge in [0.2, 0.25) is 5.91 Å². The van der Waals surface area contributed by atoms with Crippen molar-refractivity contribution < 1.29 is 9.32 Å². The van der Waals surface area contributed by atoms with E-state index in [1.54, 1.807) is 0 Å². The van der Waals surface area contributed by atoms with Gasteiger partial charge in [0.15, 0.2) is 0 Å². The molecule has 0 radical (unpaired) electrons. The zero-order chi connectivity index (χ0) is 13.1. The SMILES string of the molecule is CCC(=O)NC1CCc2onc(CN(C)C)c2C1. The molecule has 1 amide bonds. The zero-order valence-electron chi connectivity index (χ0n) is 11.3. The van der Waals surface area contributed by atoms with Gasteiger partial charge in [0.05, 0.1) is 0 Å². The van der Waals surface area contributed by atoms with Gasteiger partial charge >= 0.3 is 0 Å². The summed E-state index contributed by atoms with van der Waals surface area (Å²) in [6.45, 7) is 2.66. The minimum absolute atomic E-state index is 0.120. The molecule has 5 heteroatoms. The van der Waals surface area contributed by atoms with Crippen molar-refractivity contribution in [1.82, 2.24) is 15.4 Å². The van der Waals surface area contributed by atoms with Crippen LogP contribution in [0.4, 0.5) is 0 Å². The molecule has 1 aliphatic carbocycles. The van der Waals surface area contributed by atoms with Crippen LogP contribution >= 0.6 is 0 Å². The fraction of sp³-hybridized carbons (Fsp3) is 0.692. The van der Waals surface area contributed by atoms with Crippen molar-refractivity contribution in [3.8, 4) is 0 Å². The largest absolute Gasteiger partial charge is 0.361 e. The van der Waals surface area contributed by atoms with E-state index in [0.29, 0.717) is 6.42 Å². The van der Waals surface area contributed by atoms with Crippen LogP contribution in [0.1, 0.15) is 36.8 Å². The highest BCUT2D eigenvalue weighted by Gasteiger charge is 2.26. The molecule has 18 heavy (non-hydrogen) atoms. The summed E-state index contributed by atoms with van der Waals surface area (Å²) in [5.41, 5.74) is 2.20. The van der Waals surface area contributed by atoms with Crippen LogP contribution in [-0.4, -0.2) is 36.1 Å². The number of rotatable bonds is 4. The van der Waals surface area contributed by atoms with Gasteiger partial charge in [-0.05, 0) is 26.9 Å². The van der Waals surface area contributed by atoms with E-state index >= 15 is 0 Å². The number of carbonyl (C=O) groups is 1. The summed E-state index contributed by atoms with van der Waals surface area (Å²) >= 11 is 0. The Morgan fingerprint density at radius 2 is 2.33 bits per heavy atom. The van der Waals surface area contributed by atoms with Crippen LogP contribution in [0, 0.1) is 0 Å². The van der Waals surface area contributed by atoms with Gasteiger partial charge in [0.25, 0.3) is 0 Å². The van der Waals surface area contributed by atoms with E-state index in [4.69, 9.17) is 4.52 Å². The van der Waals surface area contributed by atoms with Crippen LogP contribution in [-0.2, 0) is 24.2 Å². The second kappa shape index (κ2) is 5.52. The number of hydrogen-bond donors (Lipinski definition) is 1. The van der Waals surface area contributed by atoms with E-state index in [-0.39, 0.29) is 11.9 Å². The monoisotopic (exact) mass is 251 g/mol. The van der Waals surface area contributed by atoms with E-state index in [1.807, 2.05) is 21.0 Å². The molecule has 1 N–H and O–H groups in total. The molecule has 1 heterocycles. The number of carbonyl (C=O) groups excluding carboxylic acids is 1. The van der Waals surface area contributed by atoms with Crippen molar-refractivity contribution in [1.29, 1.82) is 0 Å². The van der Waals surface area contributed by atoms with Crippen LogP contribution in [0.2, 0.25) is 0 Å². The Morgan fingerprint density at radius 1 is 1.56 bits per heavy atom. The maximum atomic E-state index is 11.4. The highest BCUT2D eigenvalue weighted by atomic mass is 16.5. The molecule has 0 aromatic carbocycles. The number of nitrogens with one attached hydrogen (secondary N) is 1. The lowest BCUT2D eigenvalue weighted by atomic mass is 9.92. The molecule has 1 aliphatic rings. The van der Waals surface area contributed by atoms with Gasteiger partial charge < -0.3 is 14.7 Å². The lowest BCUT2D eigenvalue weighted by Gasteiger charge is -2.22. The Kier molecular flexibility index (Phi) is 4.01. The summed E-state index contributed by atoms with van der Waals surface area (Å²) in [6.07, 6.45) is 3.19. The first-order chi connectivity index (χ1) is 8.60. The molecule has 100 valence electrons. The molecule has 1 unspecified atom stereocenters. The van der Waals surface area contributed by atoms with Gasteiger partial charge in [0.1, 0.15) is 11.5 Å². The molecular formula is C13H21N3O2. The van der Waals surface area contributed by atoms with Crippen LogP contribution in [0.15, 0.2) is 4.52 Å². The van der Waals surface area contributed by atoms with E-state index in [0.717, 1.165) is 37.3 Å². The summed E-state index contributed by atoms with van der Waals surface area (Å²) in [7, 11) is 4.03. The molecule has 2 rings (SSSR count). The summed E-state index contributed by atoms with van der Waals surface area (Å²) < 4.78 is 5.38. The van der Waals surface area contributed by atoms with Gasteiger partial charge in [-0.1, -0.05) is 12.1 Å². The Hall–Kier alpha value is -1.36. The average molecular weight is 251 g/mol. The maximum absolute atomic E-state index is 11.4. The third-order valence-corrected chi connectivity index (χ3v) is 3.27. The van der Waals surface area contributed by atoms with E-state index in [1.165, 1.54) is 5.56 Å². The fourth-order valence-electron chi connectivity index (χ4n) is 2.34. The lowest BCUT2D eigenvalue weighted by molar-refractivity contribution is -0.121. The Balaban J connectivity index is 2.07. The van der Waals surface area contributed by atoms with Gasteiger partial charge in [-0.2, -0.15) is 0 Å². The van der Waals surface area contributed by atoms with Crippen molar-refractivity contribution in [2.75, 3.05) is 14.1 Å². The standard InChI is InChI=1S/C13H21N3O2/c1-4-13(17)14-9-5-6-12-10(7-9)11(15-18-12)8-16(2)3/h9H,4-8H2,1-3H3,(H,14,17). The third kappa shape index (κ3) is 2.90. The molecule has 1 atom stereocenters.